The molecule has 0 aliphatic heterocycles. The highest BCUT2D eigenvalue weighted by Gasteiger charge is 2.07. The molecule has 5 heteroatoms. The minimum absolute atomic E-state index is 0.484. The van der Waals surface area contributed by atoms with Crippen LogP contribution in [-0.2, 0) is 4.74 Å². The molecule has 0 saturated heterocycles. The predicted molar refractivity (Wildman–Crippen MR) is 66.2 cm³/mol. The summed E-state index contributed by atoms with van der Waals surface area (Å²) in [5.41, 5.74) is 0. The van der Waals surface area contributed by atoms with Gasteiger partial charge in [0.05, 0.1) is 6.61 Å². The van der Waals surface area contributed by atoms with Crippen LogP contribution in [0.4, 0.5) is 5.82 Å². The molecule has 0 aliphatic rings. The first kappa shape index (κ1) is 13.2. The van der Waals surface area contributed by atoms with Crippen molar-refractivity contribution in [1.82, 2.24) is 9.97 Å². The van der Waals surface area contributed by atoms with E-state index in [1.807, 2.05) is 13.8 Å². The van der Waals surface area contributed by atoms with Gasteiger partial charge in [-0.1, -0.05) is 11.6 Å². The van der Waals surface area contributed by atoms with Crippen LogP contribution < -0.4 is 4.90 Å². The van der Waals surface area contributed by atoms with Crippen LogP contribution in [0.1, 0.15) is 19.7 Å². The summed E-state index contributed by atoms with van der Waals surface area (Å²) >= 11 is 5.90. The molecule has 1 rings (SSSR count). The highest BCUT2D eigenvalue weighted by molar-refractivity contribution is 6.29. The fourth-order valence-electron chi connectivity index (χ4n) is 1.43. The standard InChI is InChI=1S/C11H18ClN3O/c1-4-15(6-7-16-5-2)11-8-10(12)13-9(3)14-11/h8H,4-7H2,1-3H3. The predicted octanol–water partition coefficient (Wildman–Crippen LogP) is 2.30. The van der Waals surface area contributed by atoms with Crippen LogP contribution in [0, 0.1) is 6.92 Å². The first-order valence-electron chi connectivity index (χ1n) is 5.51. The molecule has 0 saturated carbocycles. The molecule has 0 N–H and O–H groups in total. The second kappa shape index (κ2) is 6.66. The zero-order chi connectivity index (χ0) is 12.0. The van der Waals surface area contributed by atoms with Crippen molar-refractivity contribution in [2.24, 2.45) is 0 Å². The number of rotatable bonds is 6. The third kappa shape index (κ3) is 3.94. The highest BCUT2D eigenvalue weighted by atomic mass is 35.5. The lowest BCUT2D eigenvalue weighted by Crippen LogP contribution is -2.28. The van der Waals surface area contributed by atoms with Crippen LogP contribution in [0.2, 0.25) is 5.15 Å². The molecule has 0 unspecified atom stereocenters. The number of aromatic nitrogens is 2. The summed E-state index contributed by atoms with van der Waals surface area (Å²) in [5, 5.41) is 0.484. The summed E-state index contributed by atoms with van der Waals surface area (Å²) in [4.78, 5) is 10.5. The maximum absolute atomic E-state index is 5.90. The van der Waals surface area contributed by atoms with Gasteiger partial charge in [0, 0.05) is 25.8 Å². The molecule has 90 valence electrons. The van der Waals surface area contributed by atoms with Gasteiger partial charge in [-0.25, -0.2) is 9.97 Å². The van der Waals surface area contributed by atoms with E-state index in [1.54, 1.807) is 6.07 Å². The normalized spacial score (nSPS) is 10.5. The topological polar surface area (TPSA) is 38.2 Å². The zero-order valence-corrected chi connectivity index (χ0v) is 10.8. The van der Waals surface area contributed by atoms with E-state index in [0.717, 1.165) is 25.5 Å². The molecule has 0 fully saturated rings. The molecule has 0 radical (unpaired) electrons. The number of aryl methyl sites for hydroxylation is 1. The van der Waals surface area contributed by atoms with Gasteiger partial charge in [-0.15, -0.1) is 0 Å². The van der Waals surface area contributed by atoms with Crippen LogP contribution in [0.3, 0.4) is 0 Å². The van der Waals surface area contributed by atoms with E-state index < -0.39 is 0 Å². The number of hydrogen-bond acceptors (Lipinski definition) is 4. The van der Waals surface area contributed by atoms with Crippen molar-refractivity contribution < 1.29 is 4.74 Å². The summed E-state index contributed by atoms with van der Waals surface area (Å²) in [6, 6.07) is 1.78. The minimum atomic E-state index is 0.484. The monoisotopic (exact) mass is 243 g/mol. The Morgan fingerprint density at radius 1 is 1.38 bits per heavy atom. The molecule has 1 heterocycles. The summed E-state index contributed by atoms with van der Waals surface area (Å²) in [5.74, 6) is 1.55. The second-order valence-corrected chi connectivity index (χ2v) is 3.76. The third-order valence-electron chi connectivity index (χ3n) is 2.21. The number of hydrogen-bond donors (Lipinski definition) is 0. The molecule has 16 heavy (non-hydrogen) atoms. The summed E-state index contributed by atoms with van der Waals surface area (Å²) in [7, 11) is 0. The second-order valence-electron chi connectivity index (χ2n) is 3.37. The molecular formula is C11H18ClN3O. The molecule has 0 aliphatic carbocycles. The van der Waals surface area contributed by atoms with Gasteiger partial charge in [-0.3, -0.25) is 0 Å². The maximum Gasteiger partial charge on any atom is 0.134 e. The van der Waals surface area contributed by atoms with Crippen molar-refractivity contribution >= 4 is 17.4 Å². The number of ether oxygens (including phenoxy) is 1. The third-order valence-corrected chi connectivity index (χ3v) is 2.40. The van der Waals surface area contributed by atoms with Gasteiger partial charge in [-0.2, -0.15) is 0 Å². The van der Waals surface area contributed by atoms with Gasteiger partial charge in [-0.05, 0) is 20.8 Å². The molecule has 0 bridgehead atoms. The van der Waals surface area contributed by atoms with Crippen molar-refractivity contribution in [3.05, 3.63) is 17.0 Å². The van der Waals surface area contributed by atoms with Crippen LogP contribution in [0.15, 0.2) is 6.07 Å². The molecule has 0 amide bonds. The van der Waals surface area contributed by atoms with E-state index in [4.69, 9.17) is 16.3 Å². The first-order valence-corrected chi connectivity index (χ1v) is 5.89. The Morgan fingerprint density at radius 2 is 2.12 bits per heavy atom. The van der Waals surface area contributed by atoms with Gasteiger partial charge >= 0.3 is 0 Å². The Balaban J connectivity index is 2.70. The lowest BCUT2D eigenvalue weighted by Gasteiger charge is -2.21. The Bertz CT molecular complexity index is 313. The van der Waals surface area contributed by atoms with Gasteiger partial charge in [0.15, 0.2) is 0 Å². The van der Waals surface area contributed by atoms with Crippen LogP contribution in [0.5, 0.6) is 0 Å². The van der Waals surface area contributed by atoms with E-state index in [-0.39, 0.29) is 0 Å². The van der Waals surface area contributed by atoms with E-state index in [1.165, 1.54) is 0 Å². The van der Waals surface area contributed by atoms with Crippen molar-refractivity contribution in [2.45, 2.75) is 20.8 Å². The van der Waals surface area contributed by atoms with Gasteiger partial charge < -0.3 is 9.64 Å². The average Bonchev–Trinajstić information content (AvgIpc) is 2.23. The molecule has 0 aromatic carbocycles. The molecule has 0 atom stereocenters. The number of anilines is 1. The van der Waals surface area contributed by atoms with Crippen molar-refractivity contribution in [1.29, 1.82) is 0 Å². The SMILES string of the molecule is CCOCCN(CC)c1cc(Cl)nc(C)n1. The largest absolute Gasteiger partial charge is 0.380 e. The average molecular weight is 244 g/mol. The fourth-order valence-corrected chi connectivity index (χ4v) is 1.65. The van der Waals surface area contributed by atoms with Crippen molar-refractivity contribution in [3.8, 4) is 0 Å². The molecule has 1 aromatic heterocycles. The Labute approximate surface area is 102 Å². The molecule has 0 spiro atoms. The van der Waals surface area contributed by atoms with Gasteiger partial charge in [0.25, 0.3) is 0 Å². The number of nitrogens with zero attached hydrogens (tertiary/aromatic N) is 3. The Kier molecular flexibility index (Phi) is 5.49. The van der Waals surface area contributed by atoms with Crippen LogP contribution >= 0.6 is 11.6 Å². The lowest BCUT2D eigenvalue weighted by molar-refractivity contribution is 0.154. The van der Waals surface area contributed by atoms with Crippen LogP contribution in [0.25, 0.3) is 0 Å². The zero-order valence-electron chi connectivity index (χ0n) is 10.0. The van der Waals surface area contributed by atoms with E-state index >= 15 is 0 Å². The van der Waals surface area contributed by atoms with Crippen LogP contribution in [-0.4, -0.2) is 36.3 Å². The van der Waals surface area contributed by atoms with E-state index in [2.05, 4.69) is 21.8 Å². The van der Waals surface area contributed by atoms with Gasteiger partial charge in [0.1, 0.15) is 16.8 Å². The lowest BCUT2D eigenvalue weighted by atomic mass is 10.4. The van der Waals surface area contributed by atoms with Crippen molar-refractivity contribution in [2.75, 3.05) is 31.2 Å². The quantitative estimate of drug-likeness (QED) is 0.568. The number of halogens is 1. The Hall–Kier alpha value is -0.870. The molecule has 4 nitrogen and oxygen atoms in total. The maximum atomic E-state index is 5.90. The Morgan fingerprint density at radius 3 is 2.69 bits per heavy atom. The van der Waals surface area contributed by atoms with E-state index in [9.17, 15) is 0 Å². The number of likely N-dealkylation sites (N-methyl/N-ethyl adjacent to an activating group) is 1. The minimum Gasteiger partial charge on any atom is -0.380 e. The fraction of sp³-hybridized carbons (Fsp3) is 0.636. The summed E-state index contributed by atoms with van der Waals surface area (Å²) < 4.78 is 5.33. The first-order chi connectivity index (χ1) is 7.67. The summed E-state index contributed by atoms with van der Waals surface area (Å²) in [6.07, 6.45) is 0. The van der Waals surface area contributed by atoms with Gasteiger partial charge in [0.2, 0.25) is 0 Å². The van der Waals surface area contributed by atoms with Crippen molar-refractivity contribution in [3.63, 3.8) is 0 Å². The molecule has 1 aromatic rings. The molecular weight excluding hydrogens is 226 g/mol. The van der Waals surface area contributed by atoms with E-state index in [0.29, 0.717) is 17.6 Å². The smallest absolute Gasteiger partial charge is 0.134 e. The summed E-state index contributed by atoms with van der Waals surface area (Å²) in [6.45, 7) is 9.04. The highest BCUT2D eigenvalue weighted by Crippen LogP contribution is 2.15.